The maximum absolute atomic E-state index is 11.1. The number of anilines is 1. The Balaban J connectivity index is 1.46. The summed E-state index contributed by atoms with van der Waals surface area (Å²) in [4.78, 5) is 7.31. The normalized spacial score (nSPS) is 21.4. The van der Waals surface area contributed by atoms with Crippen LogP contribution in [-0.4, -0.2) is 78.2 Å². The molecule has 0 aliphatic heterocycles. The third-order valence-electron chi connectivity index (χ3n) is 8.98. The number of pyridine rings is 1. The van der Waals surface area contributed by atoms with Crippen molar-refractivity contribution in [2.45, 2.75) is 94.5 Å². The van der Waals surface area contributed by atoms with Crippen LogP contribution in [0.25, 0.3) is 0 Å². The van der Waals surface area contributed by atoms with Crippen molar-refractivity contribution in [3.05, 3.63) is 71.7 Å². The van der Waals surface area contributed by atoms with Crippen molar-refractivity contribution in [2.75, 3.05) is 18.9 Å². The Morgan fingerprint density at radius 1 is 1.09 bits per heavy atom. The van der Waals surface area contributed by atoms with Gasteiger partial charge in [0.2, 0.25) is 0 Å². The van der Waals surface area contributed by atoms with Gasteiger partial charge in [0.1, 0.15) is 18.0 Å². The zero-order valence-corrected chi connectivity index (χ0v) is 26.3. The molecule has 1 aromatic carbocycles. The lowest BCUT2D eigenvalue weighted by molar-refractivity contribution is -0.00843. The van der Waals surface area contributed by atoms with Crippen molar-refractivity contribution < 1.29 is 35.4 Å². The molecule has 4 rings (SSSR count). The Hall–Kier alpha value is -3.59. The highest BCUT2D eigenvalue weighted by atomic mass is 16.5. The molecule has 9 N–H and O–H groups in total. The Morgan fingerprint density at radius 3 is 2.65 bits per heavy atom. The van der Waals surface area contributed by atoms with Crippen molar-refractivity contribution >= 4 is 5.82 Å². The van der Waals surface area contributed by atoms with E-state index < -0.39 is 36.9 Å². The average Bonchev–Trinajstić information content (AvgIpc) is 3.57. The number of phenols is 1. The van der Waals surface area contributed by atoms with Gasteiger partial charge in [-0.25, -0.2) is 4.98 Å². The van der Waals surface area contributed by atoms with Crippen LogP contribution >= 0.6 is 0 Å². The number of aromatic amines is 1. The molecule has 1 aliphatic rings. The number of aromatic nitrogens is 2. The van der Waals surface area contributed by atoms with Crippen LogP contribution in [0.3, 0.4) is 0 Å². The maximum Gasteiger partial charge on any atom is 0.161 e. The molecule has 250 valence electrons. The topological polar surface area (TPSA) is 185 Å². The first-order valence-electron chi connectivity index (χ1n) is 16.3. The first-order chi connectivity index (χ1) is 22.3. The van der Waals surface area contributed by atoms with Crippen LogP contribution in [-0.2, 0) is 12.8 Å². The van der Waals surface area contributed by atoms with E-state index in [4.69, 9.17) is 10.5 Å². The summed E-state index contributed by atoms with van der Waals surface area (Å²) in [6.07, 6.45) is 5.95. The van der Waals surface area contributed by atoms with Gasteiger partial charge in [0.15, 0.2) is 11.5 Å². The number of aliphatic hydroxyl groups excluding tert-OH is 5. The van der Waals surface area contributed by atoms with Gasteiger partial charge >= 0.3 is 0 Å². The van der Waals surface area contributed by atoms with Gasteiger partial charge in [-0.2, -0.15) is 0 Å². The summed E-state index contributed by atoms with van der Waals surface area (Å²) in [6, 6.07) is 12.5. The fourth-order valence-electron chi connectivity index (χ4n) is 6.25. The summed E-state index contributed by atoms with van der Waals surface area (Å²) < 4.78 is 6.21. The van der Waals surface area contributed by atoms with Crippen LogP contribution in [0.5, 0.6) is 11.5 Å². The molecule has 1 aliphatic carbocycles. The number of nitrogens with two attached hydrogens (primary N) is 1. The smallest absolute Gasteiger partial charge is 0.161 e. The highest BCUT2D eigenvalue weighted by Crippen LogP contribution is 2.34. The summed E-state index contributed by atoms with van der Waals surface area (Å²) in [6.45, 7) is -0.432. The molecule has 0 saturated heterocycles. The second-order valence-electron chi connectivity index (χ2n) is 12.4. The Bertz CT molecular complexity index is 1390. The minimum atomic E-state index is -1.22. The summed E-state index contributed by atoms with van der Waals surface area (Å²) in [5, 5.41) is 62.7. The monoisotopic (exact) mass is 635 g/mol. The van der Waals surface area contributed by atoms with Crippen LogP contribution < -0.4 is 10.5 Å². The fraction of sp³-hybridized carbons (Fsp3) is 0.528. The summed E-state index contributed by atoms with van der Waals surface area (Å²) in [5.41, 5.74) is 8.67. The Morgan fingerprint density at radius 2 is 1.91 bits per heavy atom. The van der Waals surface area contributed by atoms with E-state index in [1.807, 2.05) is 24.4 Å². The second-order valence-corrected chi connectivity index (χ2v) is 12.4. The number of aryl methyl sites for hydroxylation is 1. The number of aromatic hydroxyl groups is 1. The molecule has 0 fully saturated rings. The van der Waals surface area contributed by atoms with Crippen LogP contribution in [0.2, 0.25) is 0 Å². The number of nitrogen functional groups attached to an aromatic ring is 1. The molecular weight excluding hydrogens is 586 g/mol. The van der Waals surface area contributed by atoms with E-state index in [9.17, 15) is 30.6 Å². The van der Waals surface area contributed by atoms with Gasteiger partial charge in [0, 0.05) is 43.0 Å². The number of nitrogens with zero attached hydrogens (tertiary/aromatic N) is 1. The molecule has 0 bridgehead atoms. The molecule has 0 radical (unpaired) electrons. The van der Waals surface area contributed by atoms with Crippen LogP contribution in [0.15, 0.2) is 54.9 Å². The highest BCUT2D eigenvalue weighted by molar-refractivity contribution is 5.42. The van der Waals surface area contributed by atoms with Gasteiger partial charge in [-0.05, 0) is 98.4 Å². The predicted octanol–water partition coefficient (Wildman–Crippen LogP) is 3.45. The first-order valence-corrected chi connectivity index (χ1v) is 16.3. The predicted molar refractivity (Wildman–Crippen MR) is 176 cm³/mol. The van der Waals surface area contributed by atoms with Crippen LogP contribution in [0.1, 0.15) is 74.1 Å². The zero-order valence-electron chi connectivity index (χ0n) is 26.3. The van der Waals surface area contributed by atoms with Gasteiger partial charge in [-0.3, -0.25) is 0 Å². The summed E-state index contributed by atoms with van der Waals surface area (Å²) >= 11 is 0. The second kappa shape index (κ2) is 17.9. The van der Waals surface area contributed by atoms with Crippen molar-refractivity contribution in [3.63, 3.8) is 0 Å². The molecule has 10 heteroatoms. The van der Waals surface area contributed by atoms with Crippen molar-refractivity contribution in [1.82, 2.24) is 9.97 Å². The largest absolute Gasteiger partial charge is 0.504 e. The van der Waals surface area contributed by atoms with Gasteiger partial charge in [-0.15, -0.1) is 5.92 Å². The minimum Gasteiger partial charge on any atom is -0.504 e. The molecule has 3 aromatic rings. The number of ether oxygens (including phenoxy) is 1. The molecule has 0 spiro atoms. The van der Waals surface area contributed by atoms with Crippen LogP contribution in [0.4, 0.5) is 5.82 Å². The fourth-order valence-corrected chi connectivity index (χ4v) is 6.25. The molecule has 7 atom stereocenters. The molecule has 0 amide bonds. The summed E-state index contributed by atoms with van der Waals surface area (Å²) in [7, 11) is 0. The van der Waals surface area contributed by atoms with E-state index in [-0.39, 0.29) is 29.9 Å². The van der Waals surface area contributed by atoms with Gasteiger partial charge in [-0.1, -0.05) is 24.8 Å². The van der Waals surface area contributed by atoms with Gasteiger partial charge < -0.3 is 46.1 Å². The SMILES string of the molecule is Nc1cc(C(Cc2ccc[nH]2)CC(Oc2cc(CCC(O)C3CC#CC(CCO)CCCCC3O)ccc2O)C(O)CO)ccn1. The summed E-state index contributed by atoms with van der Waals surface area (Å²) in [5.74, 6) is 6.40. The maximum atomic E-state index is 11.1. The number of hydrogen-bond donors (Lipinski definition) is 8. The lowest BCUT2D eigenvalue weighted by atomic mass is 9.85. The third-order valence-corrected chi connectivity index (χ3v) is 8.98. The van der Waals surface area contributed by atoms with Crippen molar-refractivity contribution in [1.29, 1.82) is 0 Å². The molecule has 46 heavy (non-hydrogen) atoms. The van der Waals surface area contributed by atoms with E-state index >= 15 is 0 Å². The molecule has 7 unspecified atom stereocenters. The quantitative estimate of drug-likeness (QED) is 0.116. The zero-order chi connectivity index (χ0) is 32.9. The van der Waals surface area contributed by atoms with Crippen molar-refractivity contribution in [3.8, 4) is 23.3 Å². The van der Waals surface area contributed by atoms with E-state index in [0.717, 1.165) is 36.1 Å². The number of aliphatic hydroxyl groups is 5. The Kier molecular flexibility index (Phi) is 13.7. The van der Waals surface area contributed by atoms with E-state index in [1.54, 1.807) is 24.4 Å². The van der Waals surface area contributed by atoms with Gasteiger partial charge in [0.25, 0.3) is 0 Å². The third kappa shape index (κ3) is 10.5. The van der Waals surface area contributed by atoms with E-state index in [1.165, 1.54) is 6.07 Å². The number of H-pyrrole nitrogens is 1. The number of rotatable bonds is 15. The standard InChI is InChI=1S/C36H49N3O7/c37-36-22-26(14-17-39-36)27(20-28-7-4-16-38-28)21-35(33(45)23-41)46-34-19-25(11-13-32(34)44)10-12-31(43)29-8-3-6-24(15-18-40)5-1-2-9-30(29)42/h4,7,11,13-14,16-17,19,22,24,27,29-31,33,35,38,40-45H,1-2,5,8-10,12,15,18,20-21,23H2,(H2,37,39). The van der Waals surface area contributed by atoms with E-state index in [2.05, 4.69) is 21.8 Å². The highest BCUT2D eigenvalue weighted by Gasteiger charge is 2.29. The molecular formula is C36H49N3O7. The number of nitrogens with one attached hydrogen (secondary N) is 1. The van der Waals surface area contributed by atoms with E-state index in [0.29, 0.717) is 50.8 Å². The number of hydrogen-bond acceptors (Lipinski definition) is 9. The Labute approximate surface area is 271 Å². The number of benzene rings is 1. The van der Waals surface area contributed by atoms with Crippen molar-refractivity contribution in [2.24, 2.45) is 11.8 Å². The molecule has 10 nitrogen and oxygen atoms in total. The lowest BCUT2D eigenvalue weighted by Crippen LogP contribution is -2.36. The molecule has 2 aromatic heterocycles. The molecule has 2 heterocycles. The number of phenolic OH excluding ortho intramolecular Hbond substituents is 1. The molecule has 0 saturated carbocycles. The lowest BCUT2D eigenvalue weighted by Gasteiger charge is -2.28. The average molecular weight is 636 g/mol. The van der Waals surface area contributed by atoms with Crippen LogP contribution in [0, 0.1) is 23.7 Å². The minimum absolute atomic E-state index is 0.0972. The van der Waals surface area contributed by atoms with Gasteiger partial charge in [0.05, 0.1) is 18.8 Å². The first kappa shape index (κ1) is 35.3.